The van der Waals surface area contributed by atoms with E-state index in [1.807, 2.05) is 29.2 Å². The van der Waals surface area contributed by atoms with Crippen LogP contribution in [0.3, 0.4) is 0 Å². The van der Waals surface area contributed by atoms with Gasteiger partial charge in [0.25, 0.3) is 5.91 Å². The number of likely N-dealkylation sites (tertiary alicyclic amines) is 1. The van der Waals surface area contributed by atoms with Crippen molar-refractivity contribution < 1.29 is 13.7 Å². The molecule has 1 atom stereocenters. The van der Waals surface area contributed by atoms with Crippen LogP contribution in [0.15, 0.2) is 57.5 Å². The Morgan fingerprint density at radius 2 is 2.11 bits per heavy atom. The largest absolute Gasteiger partial charge is 0.339 e. The third kappa shape index (κ3) is 4.14. The highest BCUT2D eigenvalue weighted by atomic mass is 79.9. The lowest BCUT2D eigenvalue weighted by molar-refractivity contribution is 0.0668. The van der Waals surface area contributed by atoms with Crippen molar-refractivity contribution in [2.24, 2.45) is 5.92 Å². The number of carbonyl (C=O) groups is 1. The van der Waals surface area contributed by atoms with Crippen molar-refractivity contribution in [3.05, 3.63) is 70.3 Å². The van der Waals surface area contributed by atoms with E-state index in [4.69, 9.17) is 4.52 Å². The minimum Gasteiger partial charge on any atom is -0.339 e. The Hall–Kier alpha value is -2.54. The summed E-state index contributed by atoms with van der Waals surface area (Å²) in [6.45, 7) is 1.38. The summed E-state index contributed by atoms with van der Waals surface area (Å²) in [6, 6.07) is 13.8. The van der Waals surface area contributed by atoms with Crippen LogP contribution < -0.4 is 0 Å². The molecule has 1 unspecified atom stereocenters. The summed E-state index contributed by atoms with van der Waals surface area (Å²) < 4.78 is 20.1. The second kappa shape index (κ2) is 8.22. The summed E-state index contributed by atoms with van der Waals surface area (Å²) in [7, 11) is 0. The molecule has 1 aliphatic rings. The van der Waals surface area contributed by atoms with E-state index in [1.165, 1.54) is 6.07 Å². The van der Waals surface area contributed by atoms with Gasteiger partial charge in [-0.15, -0.1) is 0 Å². The molecule has 144 valence electrons. The molecule has 0 saturated carbocycles. The fraction of sp³-hybridized carbons (Fsp3) is 0.286. The lowest BCUT2D eigenvalue weighted by Crippen LogP contribution is -2.40. The van der Waals surface area contributed by atoms with E-state index >= 15 is 0 Å². The summed E-state index contributed by atoms with van der Waals surface area (Å²) in [5, 5.41) is 3.91. The Kier molecular flexibility index (Phi) is 5.52. The maximum absolute atomic E-state index is 13.9. The van der Waals surface area contributed by atoms with E-state index in [0.29, 0.717) is 30.0 Å². The normalized spacial score (nSPS) is 16.9. The Balaban J connectivity index is 1.43. The van der Waals surface area contributed by atoms with Gasteiger partial charge in [-0.3, -0.25) is 4.79 Å². The molecule has 0 radical (unpaired) electrons. The molecule has 1 amide bonds. The van der Waals surface area contributed by atoms with Gasteiger partial charge in [0, 0.05) is 29.5 Å². The zero-order valence-corrected chi connectivity index (χ0v) is 16.7. The molecule has 4 rings (SSSR count). The van der Waals surface area contributed by atoms with Crippen LogP contribution in [0.2, 0.25) is 0 Å². The molecule has 1 saturated heterocycles. The molecule has 0 aliphatic carbocycles. The van der Waals surface area contributed by atoms with E-state index in [1.54, 1.807) is 18.2 Å². The minimum absolute atomic E-state index is 0.0311. The number of piperidine rings is 1. The first-order valence-corrected chi connectivity index (χ1v) is 10.0. The molecular formula is C21H19BrFN3O2. The minimum atomic E-state index is -0.377. The summed E-state index contributed by atoms with van der Waals surface area (Å²) >= 11 is 3.41. The Bertz CT molecular complexity index is 991. The quantitative estimate of drug-likeness (QED) is 0.584. The Morgan fingerprint density at radius 3 is 2.93 bits per heavy atom. The number of nitrogens with zero attached hydrogens (tertiary/aromatic N) is 3. The smallest absolute Gasteiger partial charge is 0.253 e. The van der Waals surface area contributed by atoms with Gasteiger partial charge in [-0.2, -0.15) is 4.98 Å². The zero-order valence-electron chi connectivity index (χ0n) is 15.1. The van der Waals surface area contributed by atoms with Gasteiger partial charge in [-0.05, 0) is 49.1 Å². The number of hydrogen-bond donors (Lipinski definition) is 0. The first kappa shape index (κ1) is 18.8. The predicted molar refractivity (Wildman–Crippen MR) is 106 cm³/mol. The van der Waals surface area contributed by atoms with Gasteiger partial charge >= 0.3 is 0 Å². The zero-order chi connectivity index (χ0) is 19.5. The standard InChI is InChI=1S/C21H19BrFN3O2/c22-16-7-3-6-15(12-16)21(27)26-10-4-5-14(13-26)11-19-24-20(25-28-19)17-8-1-2-9-18(17)23/h1-3,6-9,12,14H,4-5,10-11,13H2. The molecule has 2 aromatic carbocycles. The van der Waals surface area contributed by atoms with E-state index in [0.717, 1.165) is 23.9 Å². The summed E-state index contributed by atoms with van der Waals surface area (Å²) in [5.41, 5.74) is 1.00. The highest BCUT2D eigenvalue weighted by Gasteiger charge is 2.26. The second-order valence-electron chi connectivity index (χ2n) is 6.97. The predicted octanol–water partition coefficient (Wildman–Crippen LogP) is 4.73. The molecular weight excluding hydrogens is 425 g/mol. The van der Waals surface area contributed by atoms with Crippen LogP contribution in [0, 0.1) is 11.7 Å². The topological polar surface area (TPSA) is 59.2 Å². The van der Waals surface area contributed by atoms with E-state index in [9.17, 15) is 9.18 Å². The molecule has 7 heteroatoms. The number of amides is 1. The van der Waals surface area contributed by atoms with Crippen LogP contribution >= 0.6 is 15.9 Å². The van der Waals surface area contributed by atoms with Gasteiger partial charge in [-0.1, -0.05) is 39.3 Å². The number of aromatic nitrogens is 2. The average Bonchev–Trinajstić information content (AvgIpc) is 3.16. The molecule has 1 fully saturated rings. The third-order valence-electron chi connectivity index (χ3n) is 4.92. The van der Waals surface area contributed by atoms with Crippen LogP contribution in [0.25, 0.3) is 11.4 Å². The first-order valence-electron chi connectivity index (χ1n) is 9.22. The van der Waals surface area contributed by atoms with Crippen molar-refractivity contribution in [2.75, 3.05) is 13.1 Å². The maximum atomic E-state index is 13.9. The number of halogens is 2. The highest BCUT2D eigenvalue weighted by Crippen LogP contribution is 2.24. The lowest BCUT2D eigenvalue weighted by atomic mass is 9.94. The van der Waals surface area contributed by atoms with Gasteiger partial charge in [0.15, 0.2) is 0 Å². The van der Waals surface area contributed by atoms with Gasteiger partial charge in [0.2, 0.25) is 11.7 Å². The van der Waals surface area contributed by atoms with Gasteiger partial charge < -0.3 is 9.42 Å². The maximum Gasteiger partial charge on any atom is 0.253 e. The molecule has 3 aromatic rings. The van der Waals surface area contributed by atoms with Crippen LogP contribution in [-0.2, 0) is 6.42 Å². The van der Waals surface area contributed by atoms with E-state index in [2.05, 4.69) is 26.1 Å². The molecule has 0 bridgehead atoms. The molecule has 5 nitrogen and oxygen atoms in total. The van der Waals surface area contributed by atoms with Gasteiger partial charge in [0.1, 0.15) is 5.82 Å². The van der Waals surface area contributed by atoms with Crippen molar-refractivity contribution >= 4 is 21.8 Å². The number of hydrogen-bond acceptors (Lipinski definition) is 4. The van der Waals surface area contributed by atoms with Crippen molar-refractivity contribution in [3.8, 4) is 11.4 Å². The van der Waals surface area contributed by atoms with Crippen molar-refractivity contribution in [1.82, 2.24) is 15.0 Å². The number of benzene rings is 2. The average molecular weight is 444 g/mol. The van der Waals surface area contributed by atoms with E-state index in [-0.39, 0.29) is 23.5 Å². The molecule has 28 heavy (non-hydrogen) atoms. The van der Waals surface area contributed by atoms with Crippen LogP contribution in [0.4, 0.5) is 4.39 Å². The third-order valence-corrected chi connectivity index (χ3v) is 5.42. The van der Waals surface area contributed by atoms with E-state index < -0.39 is 0 Å². The summed E-state index contributed by atoms with van der Waals surface area (Å²) in [6.07, 6.45) is 2.49. The highest BCUT2D eigenvalue weighted by molar-refractivity contribution is 9.10. The molecule has 2 heterocycles. The lowest BCUT2D eigenvalue weighted by Gasteiger charge is -2.32. The fourth-order valence-corrected chi connectivity index (χ4v) is 3.96. The SMILES string of the molecule is O=C(c1cccc(Br)c1)N1CCCC(Cc2nc(-c3ccccc3F)no2)C1. The Morgan fingerprint density at radius 1 is 1.25 bits per heavy atom. The van der Waals surface area contributed by atoms with Crippen LogP contribution in [0.1, 0.15) is 29.1 Å². The molecule has 0 spiro atoms. The fourth-order valence-electron chi connectivity index (χ4n) is 3.56. The van der Waals surface area contributed by atoms with Crippen molar-refractivity contribution in [1.29, 1.82) is 0 Å². The first-order chi connectivity index (χ1) is 13.6. The second-order valence-corrected chi connectivity index (χ2v) is 7.88. The molecule has 0 N–H and O–H groups in total. The molecule has 1 aromatic heterocycles. The summed E-state index contributed by atoms with van der Waals surface area (Å²) in [4.78, 5) is 19.0. The van der Waals surface area contributed by atoms with Crippen molar-refractivity contribution in [3.63, 3.8) is 0 Å². The van der Waals surface area contributed by atoms with Crippen LogP contribution in [0.5, 0.6) is 0 Å². The number of rotatable bonds is 4. The van der Waals surface area contributed by atoms with Crippen molar-refractivity contribution in [2.45, 2.75) is 19.3 Å². The van der Waals surface area contributed by atoms with Crippen LogP contribution in [-0.4, -0.2) is 34.0 Å². The number of carbonyl (C=O) groups excluding carboxylic acids is 1. The van der Waals surface area contributed by atoms with Gasteiger partial charge in [-0.25, -0.2) is 4.39 Å². The Labute approximate surface area is 170 Å². The molecule has 1 aliphatic heterocycles. The summed E-state index contributed by atoms with van der Waals surface area (Å²) in [5.74, 6) is 0.617. The van der Waals surface area contributed by atoms with Gasteiger partial charge in [0.05, 0.1) is 5.56 Å². The monoisotopic (exact) mass is 443 g/mol.